The van der Waals surface area contributed by atoms with Crippen LogP contribution in [0.25, 0.3) is 0 Å². The normalized spacial score (nSPS) is 11.3. The van der Waals surface area contributed by atoms with Crippen molar-refractivity contribution in [2.75, 3.05) is 7.05 Å². The summed E-state index contributed by atoms with van der Waals surface area (Å²) in [6, 6.07) is 5.59. The van der Waals surface area contributed by atoms with E-state index < -0.39 is 0 Å². The van der Waals surface area contributed by atoms with Gasteiger partial charge in [-0.2, -0.15) is 0 Å². The lowest BCUT2D eigenvalue weighted by atomic mass is 10.1. The van der Waals surface area contributed by atoms with Gasteiger partial charge in [-0.1, -0.05) is 0 Å². The molecule has 0 bridgehead atoms. The second-order valence-corrected chi connectivity index (χ2v) is 4.54. The Labute approximate surface area is 89.7 Å². The summed E-state index contributed by atoms with van der Waals surface area (Å²) in [6.07, 6.45) is 0. The van der Waals surface area contributed by atoms with Crippen molar-refractivity contribution >= 4 is 5.91 Å². The van der Waals surface area contributed by atoms with E-state index in [1.807, 2.05) is 20.8 Å². The van der Waals surface area contributed by atoms with Crippen molar-refractivity contribution in [2.24, 2.45) is 0 Å². The fraction of sp³-hybridized carbons (Fsp3) is 0.417. The molecule has 0 radical (unpaired) electrons. The van der Waals surface area contributed by atoms with Crippen LogP contribution in [0.15, 0.2) is 24.3 Å². The summed E-state index contributed by atoms with van der Waals surface area (Å²) < 4.78 is 12.7. The zero-order valence-electron chi connectivity index (χ0n) is 9.54. The lowest BCUT2D eigenvalue weighted by Crippen LogP contribution is -2.42. The fourth-order valence-electron chi connectivity index (χ4n) is 1.09. The van der Waals surface area contributed by atoms with Crippen LogP contribution in [0.5, 0.6) is 0 Å². The molecule has 1 aromatic rings. The van der Waals surface area contributed by atoms with Gasteiger partial charge in [0.25, 0.3) is 5.91 Å². The minimum atomic E-state index is -0.329. The zero-order chi connectivity index (χ0) is 11.6. The van der Waals surface area contributed by atoms with Crippen molar-refractivity contribution in [1.29, 1.82) is 0 Å². The number of nitrogens with zero attached hydrogens (tertiary/aromatic N) is 1. The van der Waals surface area contributed by atoms with Gasteiger partial charge in [-0.05, 0) is 45.0 Å². The largest absolute Gasteiger partial charge is 0.337 e. The predicted molar refractivity (Wildman–Crippen MR) is 58.2 cm³/mol. The van der Waals surface area contributed by atoms with Gasteiger partial charge < -0.3 is 4.90 Å². The molecule has 0 saturated carbocycles. The van der Waals surface area contributed by atoms with Gasteiger partial charge in [0.1, 0.15) is 5.82 Å². The number of hydrogen-bond acceptors (Lipinski definition) is 1. The Bertz CT molecular complexity index is 351. The zero-order valence-corrected chi connectivity index (χ0v) is 9.54. The molecule has 0 unspecified atom stereocenters. The van der Waals surface area contributed by atoms with E-state index in [2.05, 4.69) is 0 Å². The molecule has 15 heavy (non-hydrogen) atoms. The highest BCUT2D eigenvalue weighted by atomic mass is 19.1. The Hall–Kier alpha value is -1.38. The van der Waals surface area contributed by atoms with E-state index in [-0.39, 0.29) is 17.3 Å². The van der Waals surface area contributed by atoms with Crippen LogP contribution in [0.4, 0.5) is 4.39 Å². The van der Waals surface area contributed by atoms with Crippen molar-refractivity contribution < 1.29 is 9.18 Å². The molecular formula is C12H16FNO. The highest BCUT2D eigenvalue weighted by Gasteiger charge is 2.23. The number of halogens is 1. The minimum Gasteiger partial charge on any atom is -0.337 e. The van der Waals surface area contributed by atoms with Gasteiger partial charge in [-0.25, -0.2) is 4.39 Å². The summed E-state index contributed by atoms with van der Waals surface area (Å²) in [5, 5.41) is 0. The van der Waals surface area contributed by atoms with Crippen LogP contribution in [0, 0.1) is 5.82 Å². The lowest BCUT2D eigenvalue weighted by Gasteiger charge is -2.32. The average molecular weight is 209 g/mol. The lowest BCUT2D eigenvalue weighted by molar-refractivity contribution is 0.0656. The first-order valence-electron chi connectivity index (χ1n) is 4.86. The fourth-order valence-corrected chi connectivity index (χ4v) is 1.09. The van der Waals surface area contributed by atoms with Crippen molar-refractivity contribution in [2.45, 2.75) is 26.3 Å². The molecule has 0 aromatic heterocycles. The van der Waals surface area contributed by atoms with E-state index in [0.717, 1.165) is 0 Å². The second kappa shape index (κ2) is 4.01. The summed E-state index contributed by atoms with van der Waals surface area (Å²) in [5.41, 5.74) is 0.277. The summed E-state index contributed by atoms with van der Waals surface area (Å²) in [7, 11) is 1.74. The van der Waals surface area contributed by atoms with E-state index >= 15 is 0 Å². The van der Waals surface area contributed by atoms with Gasteiger partial charge in [0.05, 0.1) is 0 Å². The maximum Gasteiger partial charge on any atom is 0.254 e. The van der Waals surface area contributed by atoms with E-state index in [1.165, 1.54) is 24.3 Å². The first kappa shape index (κ1) is 11.7. The van der Waals surface area contributed by atoms with Crippen LogP contribution < -0.4 is 0 Å². The Balaban J connectivity index is 2.90. The molecule has 0 aliphatic rings. The van der Waals surface area contributed by atoms with Gasteiger partial charge in [-0.15, -0.1) is 0 Å². The molecular weight excluding hydrogens is 193 g/mol. The second-order valence-electron chi connectivity index (χ2n) is 4.54. The number of carbonyl (C=O) groups is 1. The molecule has 0 aliphatic heterocycles. The number of benzene rings is 1. The van der Waals surface area contributed by atoms with Crippen LogP contribution in [-0.4, -0.2) is 23.4 Å². The topological polar surface area (TPSA) is 20.3 Å². The molecule has 0 aliphatic carbocycles. The minimum absolute atomic E-state index is 0.0949. The number of rotatable bonds is 1. The van der Waals surface area contributed by atoms with Gasteiger partial charge in [0.2, 0.25) is 0 Å². The summed E-state index contributed by atoms with van der Waals surface area (Å²) in [5.74, 6) is -0.424. The summed E-state index contributed by atoms with van der Waals surface area (Å²) in [4.78, 5) is 13.5. The third kappa shape index (κ3) is 2.78. The monoisotopic (exact) mass is 209 g/mol. The van der Waals surface area contributed by atoms with Crippen LogP contribution >= 0.6 is 0 Å². The molecule has 1 aromatic carbocycles. The van der Waals surface area contributed by atoms with Crippen molar-refractivity contribution in [3.05, 3.63) is 35.6 Å². The maximum absolute atomic E-state index is 12.7. The standard InChI is InChI=1S/C12H16FNO/c1-12(2,3)14(4)11(15)9-5-7-10(13)8-6-9/h5-8H,1-4H3. The van der Waals surface area contributed by atoms with Crippen molar-refractivity contribution in [3.63, 3.8) is 0 Å². The SMILES string of the molecule is CN(C(=O)c1ccc(F)cc1)C(C)(C)C. The molecule has 0 N–H and O–H groups in total. The number of amides is 1. The molecule has 0 heterocycles. The van der Waals surface area contributed by atoms with Gasteiger partial charge in [0, 0.05) is 18.2 Å². The first-order chi connectivity index (χ1) is 6.82. The Morgan fingerprint density at radius 1 is 1.20 bits per heavy atom. The third-order valence-electron chi connectivity index (χ3n) is 2.40. The third-order valence-corrected chi connectivity index (χ3v) is 2.40. The van der Waals surface area contributed by atoms with E-state index in [0.29, 0.717) is 5.56 Å². The molecule has 0 fully saturated rings. The molecule has 3 heteroatoms. The average Bonchev–Trinajstić information content (AvgIpc) is 2.15. The van der Waals surface area contributed by atoms with Gasteiger partial charge in [-0.3, -0.25) is 4.79 Å². The van der Waals surface area contributed by atoms with Crippen LogP contribution in [0.2, 0.25) is 0 Å². The van der Waals surface area contributed by atoms with Crippen LogP contribution in [0.3, 0.4) is 0 Å². The van der Waals surface area contributed by atoms with Gasteiger partial charge >= 0.3 is 0 Å². The van der Waals surface area contributed by atoms with Crippen molar-refractivity contribution in [1.82, 2.24) is 4.90 Å². The quantitative estimate of drug-likeness (QED) is 0.696. The molecule has 0 saturated heterocycles. The number of hydrogen-bond donors (Lipinski definition) is 0. The van der Waals surface area contributed by atoms with Crippen molar-refractivity contribution in [3.8, 4) is 0 Å². The Kier molecular flexibility index (Phi) is 3.12. The van der Waals surface area contributed by atoms with E-state index in [9.17, 15) is 9.18 Å². The predicted octanol–water partition coefficient (Wildman–Crippen LogP) is 2.70. The molecule has 0 spiro atoms. The molecule has 1 rings (SSSR count). The molecule has 1 amide bonds. The Morgan fingerprint density at radius 2 is 1.67 bits per heavy atom. The molecule has 2 nitrogen and oxygen atoms in total. The van der Waals surface area contributed by atoms with Crippen LogP contribution in [-0.2, 0) is 0 Å². The summed E-state index contributed by atoms with van der Waals surface area (Å²) >= 11 is 0. The maximum atomic E-state index is 12.7. The summed E-state index contributed by atoms with van der Waals surface area (Å²) in [6.45, 7) is 5.86. The van der Waals surface area contributed by atoms with E-state index in [1.54, 1.807) is 11.9 Å². The number of carbonyl (C=O) groups excluding carboxylic acids is 1. The van der Waals surface area contributed by atoms with Gasteiger partial charge in [0.15, 0.2) is 0 Å². The highest BCUT2D eigenvalue weighted by molar-refractivity contribution is 5.94. The molecule has 82 valence electrons. The highest BCUT2D eigenvalue weighted by Crippen LogP contribution is 2.15. The Morgan fingerprint density at radius 3 is 2.07 bits per heavy atom. The van der Waals surface area contributed by atoms with E-state index in [4.69, 9.17) is 0 Å². The molecule has 0 atom stereocenters. The first-order valence-corrected chi connectivity index (χ1v) is 4.86. The van der Waals surface area contributed by atoms with Crippen LogP contribution in [0.1, 0.15) is 31.1 Å². The smallest absolute Gasteiger partial charge is 0.254 e.